The van der Waals surface area contributed by atoms with Crippen LogP contribution in [0.4, 0.5) is 5.69 Å². The summed E-state index contributed by atoms with van der Waals surface area (Å²) in [5, 5.41) is 6.06. The van der Waals surface area contributed by atoms with Gasteiger partial charge in [-0.25, -0.2) is 9.89 Å². The molecule has 0 unspecified atom stereocenters. The topological polar surface area (TPSA) is 126 Å². The van der Waals surface area contributed by atoms with Crippen molar-refractivity contribution in [3.05, 3.63) is 83.8 Å². The summed E-state index contributed by atoms with van der Waals surface area (Å²) in [5.41, 5.74) is 2.28. The van der Waals surface area contributed by atoms with Gasteiger partial charge in [0.05, 0.1) is 31.4 Å². The molecule has 3 aromatic rings. The normalized spacial score (nSPS) is 15.7. The number of amides is 3. The molecule has 0 bridgehead atoms. The number of hydrogen-bond acceptors (Lipinski definition) is 8. The van der Waals surface area contributed by atoms with Gasteiger partial charge in [-0.1, -0.05) is 42.1 Å². The lowest BCUT2D eigenvalue weighted by atomic mass is 10.1. The predicted molar refractivity (Wildman–Crippen MR) is 148 cm³/mol. The van der Waals surface area contributed by atoms with Gasteiger partial charge in [-0.05, 0) is 36.8 Å². The Bertz CT molecular complexity index is 1440. The Hall–Kier alpha value is -4.38. The maximum atomic E-state index is 13.4. The largest absolute Gasteiger partial charge is 0.496 e. The van der Waals surface area contributed by atoms with Crippen molar-refractivity contribution in [1.82, 2.24) is 15.5 Å². The van der Waals surface area contributed by atoms with E-state index < -0.39 is 6.04 Å². The van der Waals surface area contributed by atoms with Gasteiger partial charge >= 0.3 is 0 Å². The molecular formula is C28H27N5O5S. The molecule has 3 amide bonds. The number of aliphatic imine (C=N–C) groups is 2. The number of hydrogen-bond donors (Lipinski definition) is 2. The van der Waals surface area contributed by atoms with Crippen LogP contribution < -0.4 is 15.4 Å². The Morgan fingerprint density at radius 1 is 1.03 bits per heavy atom. The van der Waals surface area contributed by atoms with E-state index in [2.05, 4.69) is 20.6 Å². The third-order valence-electron chi connectivity index (χ3n) is 6.23. The zero-order chi connectivity index (χ0) is 27.2. The van der Waals surface area contributed by atoms with Crippen LogP contribution in [0.3, 0.4) is 0 Å². The quantitative estimate of drug-likeness (QED) is 0.402. The molecule has 1 aromatic heterocycles. The number of methoxy groups -OCH3 is 1. The monoisotopic (exact) mass is 545 g/mol. The number of nitrogens with zero attached hydrogens (tertiary/aromatic N) is 3. The fourth-order valence-electron chi connectivity index (χ4n) is 4.27. The van der Waals surface area contributed by atoms with Crippen molar-refractivity contribution < 1.29 is 23.5 Å². The Morgan fingerprint density at radius 2 is 1.82 bits per heavy atom. The van der Waals surface area contributed by atoms with Gasteiger partial charge in [-0.15, -0.1) is 0 Å². The van der Waals surface area contributed by atoms with E-state index in [0.717, 1.165) is 22.9 Å². The van der Waals surface area contributed by atoms with Gasteiger partial charge in [-0.2, -0.15) is 0 Å². The van der Waals surface area contributed by atoms with Gasteiger partial charge in [-0.3, -0.25) is 19.4 Å². The van der Waals surface area contributed by atoms with Crippen molar-refractivity contribution in [2.24, 2.45) is 9.98 Å². The van der Waals surface area contributed by atoms with Crippen LogP contribution in [0.2, 0.25) is 0 Å². The van der Waals surface area contributed by atoms with Gasteiger partial charge in [0.2, 0.25) is 11.8 Å². The lowest BCUT2D eigenvalue weighted by Crippen LogP contribution is -2.41. The number of ether oxygens (including phenoxy) is 1. The molecule has 39 heavy (non-hydrogen) atoms. The number of benzene rings is 2. The summed E-state index contributed by atoms with van der Waals surface area (Å²) in [6.07, 6.45) is 1.93. The molecule has 2 N–H and O–H groups in total. The molecule has 2 aromatic carbocycles. The zero-order valence-corrected chi connectivity index (χ0v) is 22.1. The SMILES string of the molecule is COc1ccccc1CNC(=O)CC[C@H]1N=C2c3ccccc3N=C(SCC(=O)NCc3ccco3)N2C1=O. The van der Waals surface area contributed by atoms with Crippen LogP contribution >= 0.6 is 11.8 Å². The van der Waals surface area contributed by atoms with Crippen LogP contribution in [0, 0.1) is 0 Å². The van der Waals surface area contributed by atoms with Gasteiger partial charge in [0, 0.05) is 24.1 Å². The number of furan rings is 1. The average molecular weight is 546 g/mol. The fraction of sp³-hybridized carbons (Fsp3) is 0.250. The molecule has 200 valence electrons. The van der Waals surface area contributed by atoms with Crippen LogP contribution in [0.5, 0.6) is 5.75 Å². The maximum absolute atomic E-state index is 13.4. The van der Waals surface area contributed by atoms with Gasteiger partial charge in [0.1, 0.15) is 23.4 Å². The van der Waals surface area contributed by atoms with Crippen LogP contribution in [-0.4, -0.2) is 52.5 Å². The number of amidine groups is 2. The number of nitrogens with one attached hydrogen (secondary N) is 2. The van der Waals surface area contributed by atoms with E-state index >= 15 is 0 Å². The first-order chi connectivity index (χ1) is 19.0. The summed E-state index contributed by atoms with van der Waals surface area (Å²) in [6, 6.07) is 17.7. The third kappa shape index (κ3) is 6.04. The molecule has 1 atom stereocenters. The summed E-state index contributed by atoms with van der Waals surface area (Å²) in [7, 11) is 1.58. The highest BCUT2D eigenvalue weighted by Gasteiger charge is 2.41. The van der Waals surface area contributed by atoms with E-state index in [-0.39, 0.29) is 42.9 Å². The van der Waals surface area contributed by atoms with Gasteiger partial charge < -0.3 is 19.8 Å². The molecule has 0 saturated carbocycles. The number of carbonyl (C=O) groups is 3. The molecule has 0 spiro atoms. The van der Waals surface area contributed by atoms with Crippen molar-refractivity contribution in [2.45, 2.75) is 32.0 Å². The Kier molecular flexibility index (Phi) is 8.07. The van der Waals surface area contributed by atoms with E-state index in [1.807, 2.05) is 48.5 Å². The molecule has 5 rings (SSSR count). The fourth-order valence-corrected chi connectivity index (χ4v) is 5.10. The average Bonchev–Trinajstić information content (AvgIpc) is 3.61. The standard InChI is InChI=1S/C28H27N5O5S/c1-37-23-11-5-2-7-18(23)15-29-24(34)13-12-22-27(36)33-26(31-22)20-9-3-4-10-21(20)32-28(33)39-17-25(35)30-16-19-8-6-14-38-19/h2-11,14,22H,12-13,15-17H2,1H3,(H,29,34)(H,30,35)/t22-/m1/s1. The minimum absolute atomic E-state index is 0.0643. The van der Waals surface area contributed by atoms with Crippen LogP contribution in [0.15, 0.2) is 81.3 Å². The van der Waals surface area contributed by atoms with E-state index in [1.165, 1.54) is 4.90 Å². The minimum atomic E-state index is -0.721. The number of thioether (sulfide) groups is 1. The van der Waals surface area contributed by atoms with E-state index in [1.54, 1.807) is 25.5 Å². The molecule has 10 nitrogen and oxygen atoms in total. The van der Waals surface area contributed by atoms with Gasteiger partial charge in [0.25, 0.3) is 5.91 Å². The smallest absolute Gasteiger partial charge is 0.259 e. The second kappa shape index (κ2) is 12.0. The van der Waals surface area contributed by atoms with Crippen LogP contribution in [-0.2, 0) is 27.5 Å². The van der Waals surface area contributed by atoms with Crippen molar-refractivity contribution in [2.75, 3.05) is 12.9 Å². The van der Waals surface area contributed by atoms with Gasteiger partial charge in [0.15, 0.2) is 5.17 Å². The molecule has 2 aliphatic heterocycles. The first-order valence-electron chi connectivity index (χ1n) is 12.4. The summed E-state index contributed by atoms with van der Waals surface area (Å²) < 4.78 is 10.6. The van der Waals surface area contributed by atoms with Crippen LogP contribution in [0.25, 0.3) is 0 Å². The first kappa shape index (κ1) is 26.2. The lowest BCUT2D eigenvalue weighted by Gasteiger charge is -2.25. The summed E-state index contributed by atoms with van der Waals surface area (Å²) in [5.74, 6) is 1.24. The Labute approximate surface area is 229 Å². The highest BCUT2D eigenvalue weighted by atomic mass is 32.2. The number of fused-ring (bicyclic) bond motifs is 3. The molecular weight excluding hydrogens is 518 g/mol. The van der Waals surface area contributed by atoms with E-state index in [0.29, 0.717) is 34.7 Å². The van der Waals surface area contributed by atoms with Crippen molar-refractivity contribution in [3.63, 3.8) is 0 Å². The highest BCUT2D eigenvalue weighted by molar-refractivity contribution is 8.14. The summed E-state index contributed by atoms with van der Waals surface area (Å²) >= 11 is 1.16. The third-order valence-corrected chi connectivity index (χ3v) is 7.17. The second-order valence-electron chi connectivity index (χ2n) is 8.83. The second-order valence-corrected chi connectivity index (χ2v) is 9.77. The Morgan fingerprint density at radius 3 is 2.64 bits per heavy atom. The molecule has 0 radical (unpaired) electrons. The van der Waals surface area contributed by atoms with E-state index in [9.17, 15) is 14.4 Å². The van der Waals surface area contributed by atoms with Crippen LogP contribution in [0.1, 0.15) is 29.7 Å². The van der Waals surface area contributed by atoms with E-state index in [4.69, 9.17) is 9.15 Å². The van der Waals surface area contributed by atoms with Crippen molar-refractivity contribution in [1.29, 1.82) is 0 Å². The molecule has 0 aliphatic carbocycles. The summed E-state index contributed by atoms with van der Waals surface area (Å²) in [4.78, 5) is 49.2. The van der Waals surface area contributed by atoms with Crippen molar-refractivity contribution >= 4 is 46.2 Å². The molecule has 0 saturated heterocycles. The first-order valence-corrected chi connectivity index (χ1v) is 13.4. The lowest BCUT2D eigenvalue weighted by molar-refractivity contribution is -0.125. The number of rotatable bonds is 10. The highest BCUT2D eigenvalue weighted by Crippen LogP contribution is 2.34. The number of para-hydroxylation sites is 2. The number of carbonyl (C=O) groups excluding carboxylic acids is 3. The minimum Gasteiger partial charge on any atom is -0.496 e. The predicted octanol–water partition coefficient (Wildman–Crippen LogP) is 3.39. The molecule has 3 heterocycles. The van der Waals surface area contributed by atoms with Crippen molar-refractivity contribution in [3.8, 4) is 5.75 Å². The molecule has 0 fully saturated rings. The molecule has 2 aliphatic rings. The molecule has 11 heteroatoms. The Balaban J connectivity index is 1.21. The zero-order valence-electron chi connectivity index (χ0n) is 21.3. The summed E-state index contributed by atoms with van der Waals surface area (Å²) in [6.45, 7) is 0.600. The maximum Gasteiger partial charge on any atom is 0.259 e.